The lowest BCUT2D eigenvalue weighted by atomic mass is 10.2. The van der Waals surface area contributed by atoms with Gasteiger partial charge in [-0.25, -0.2) is 9.37 Å². The van der Waals surface area contributed by atoms with Gasteiger partial charge in [0.2, 0.25) is 6.79 Å². The van der Waals surface area contributed by atoms with E-state index in [-0.39, 0.29) is 25.1 Å². The summed E-state index contributed by atoms with van der Waals surface area (Å²) in [4.78, 5) is 16.6. The molecule has 7 heteroatoms. The van der Waals surface area contributed by atoms with Crippen LogP contribution in [0.25, 0.3) is 0 Å². The van der Waals surface area contributed by atoms with Crippen LogP contribution >= 0.6 is 0 Å². The number of rotatable bonds is 6. The highest BCUT2D eigenvalue weighted by molar-refractivity contribution is 5.94. The van der Waals surface area contributed by atoms with Gasteiger partial charge in [-0.1, -0.05) is 24.3 Å². The molecule has 6 nitrogen and oxygen atoms in total. The maximum absolute atomic E-state index is 13.7. The third-order valence-electron chi connectivity index (χ3n) is 4.33. The molecule has 1 aromatic heterocycles. The molecular formula is C21H18FN3O3. The third-order valence-corrected chi connectivity index (χ3v) is 4.33. The molecule has 0 saturated heterocycles. The normalized spacial score (nSPS) is 11.9. The monoisotopic (exact) mass is 379 g/mol. The maximum atomic E-state index is 13.7. The standard InChI is InChI=1S/C21H18FN3O3/c22-17-4-2-1-3-16(17)12-25-21(26)15-7-8-23-20(10-15)24-11-14-5-6-18-19(9-14)28-13-27-18/h1-10H,11-13H2,(H,23,24)(H,25,26). The number of nitrogens with zero attached hydrogens (tertiary/aromatic N) is 1. The first-order valence-electron chi connectivity index (χ1n) is 8.79. The summed E-state index contributed by atoms with van der Waals surface area (Å²) in [5.74, 6) is 1.38. The van der Waals surface area contributed by atoms with Crippen LogP contribution in [-0.2, 0) is 13.1 Å². The Balaban J connectivity index is 1.37. The van der Waals surface area contributed by atoms with E-state index in [1.165, 1.54) is 6.07 Å². The van der Waals surface area contributed by atoms with E-state index >= 15 is 0 Å². The summed E-state index contributed by atoms with van der Waals surface area (Å²) in [5.41, 5.74) is 1.88. The molecule has 2 N–H and O–H groups in total. The van der Waals surface area contributed by atoms with Crippen molar-refractivity contribution < 1.29 is 18.7 Å². The Labute approximate surface area is 161 Å². The summed E-state index contributed by atoms with van der Waals surface area (Å²) < 4.78 is 24.3. The third kappa shape index (κ3) is 4.03. The van der Waals surface area contributed by atoms with E-state index in [9.17, 15) is 9.18 Å². The molecule has 0 spiro atoms. The lowest BCUT2D eigenvalue weighted by Crippen LogP contribution is -2.23. The second-order valence-corrected chi connectivity index (χ2v) is 6.25. The second-order valence-electron chi connectivity index (χ2n) is 6.25. The molecule has 0 radical (unpaired) electrons. The van der Waals surface area contributed by atoms with E-state index in [4.69, 9.17) is 9.47 Å². The Morgan fingerprint density at radius 2 is 1.89 bits per heavy atom. The number of halogens is 1. The van der Waals surface area contributed by atoms with Gasteiger partial charge >= 0.3 is 0 Å². The topological polar surface area (TPSA) is 72.5 Å². The Kier molecular flexibility index (Phi) is 5.05. The van der Waals surface area contributed by atoms with Crippen LogP contribution in [0.5, 0.6) is 11.5 Å². The van der Waals surface area contributed by atoms with Gasteiger partial charge < -0.3 is 20.1 Å². The van der Waals surface area contributed by atoms with Gasteiger partial charge in [0.15, 0.2) is 11.5 Å². The highest BCUT2D eigenvalue weighted by Crippen LogP contribution is 2.32. The van der Waals surface area contributed by atoms with Gasteiger partial charge in [0, 0.05) is 30.4 Å². The Hall–Kier alpha value is -3.61. The van der Waals surface area contributed by atoms with Crippen LogP contribution in [0.3, 0.4) is 0 Å². The number of benzene rings is 2. The van der Waals surface area contributed by atoms with E-state index in [2.05, 4.69) is 15.6 Å². The highest BCUT2D eigenvalue weighted by Gasteiger charge is 2.13. The molecule has 3 aromatic rings. The number of nitrogens with one attached hydrogen (secondary N) is 2. The molecule has 28 heavy (non-hydrogen) atoms. The molecule has 1 aliphatic rings. The van der Waals surface area contributed by atoms with Gasteiger partial charge in [-0.15, -0.1) is 0 Å². The van der Waals surface area contributed by atoms with E-state index in [1.807, 2.05) is 18.2 Å². The molecule has 142 valence electrons. The van der Waals surface area contributed by atoms with E-state index in [0.29, 0.717) is 29.2 Å². The first kappa shape index (κ1) is 17.8. The lowest BCUT2D eigenvalue weighted by Gasteiger charge is -2.09. The fourth-order valence-corrected chi connectivity index (χ4v) is 2.83. The fraction of sp³-hybridized carbons (Fsp3) is 0.143. The molecule has 0 saturated carbocycles. The van der Waals surface area contributed by atoms with Crippen LogP contribution < -0.4 is 20.1 Å². The smallest absolute Gasteiger partial charge is 0.251 e. The lowest BCUT2D eigenvalue weighted by molar-refractivity contribution is 0.0950. The number of ether oxygens (including phenoxy) is 2. The molecule has 1 aliphatic heterocycles. The summed E-state index contributed by atoms with van der Waals surface area (Å²) in [7, 11) is 0. The van der Waals surface area contributed by atoms with Crippen LogP contribution in [-0.4, -0.2) is 17.7 Å². The van der Waals surface area contributed by atoms with Crippen molar-refractivity contribution in [2.45, 2.75) is 13.1 Å². The minimum atomic E-state index is -0.344. The number of amides is 1. The van der Waals surface area contributed by atoms with Crippen molar-refractivity contribution in [2.75, 3.05) is 12.1 Å². The Morgan fingerprint density at radius 3 is 2.79 bits per heavy atom. The molecule has 1 amide bonds. The number of carbonyl (C=O) groups is 1. The Morgan fingerprint density at radius 1 is 1.04 bits per heavy atom. The predicted octanol–water partition coefficient (Wildman–Crippen LogP) is 3.49. The van der Waals surface area contributed by atoms with Crippen LogP contribution in [0.2, 0.25) is 0 Å². The van der Waals surface area contributed by atoms with Crippen molar-refractivity contribution in [3.05, 3.63) is 83.3 Å². The maximum Gasteiger partial charge on any atom is 0.251 e. The molecule has 2 aromatic carbocycles. The largest absolute Gasteiger partial charge is 0.454 e. The zero-order valence-electron chi connectivity index (χ0n) is 14.9. The van der Waals surface area contributed by atoms with Crippen molar-refractivity contribution in [1.82, 2.24) is 10.3 Å². The summed E-state index contributed by atoms with van der Waals surface area (Å²) in [6, 6.07) is 15.3. The van der Waals surface area contributed by atoms with Crippen molar-refractivity contribution in [1.29, 1.82) is 0 Å². The van der Waals surface area contributed by atoms with Gasteiger partial charge in [-0.2, -0.15) is 0 Å². The van der Waals surface area contributed by atoms with Gasteiger partial charge in [-0.3, -0.25) is 4.79 Å². The number of hydrogen-bond acceptors (Lipinski definition) is 5. The highest BCUT2D eigenvalue weighted by atomic mass is 19.1. The van der Waals surface area contributed by atoms with Crippen molar-refractivity contribution >= 4 is 11.7 Å². The van der Waals surface area contributed by atoms with E-state index in [0.717, 1.165) is 11.3 Å². The summed E-state index contributed by atoms with van der Waals surface area (Å²) in [6.45, 7) is 0.871. The molecule has 0 fully saturated rings. The van der Waals surface area contributed by atoms with E-state index < -0.39 is 0 Å². The zero-order valence-corrected chi connectivity index (χ0v) is 14.9. The summed E-state index contributed by atoms with van der Waals surface area (Å²) in [6.07, 6.45) is 1.56. The van der Waals surface area contributed by atoms with Crippen LogP contribution in [0.4, 0.5) is 10.2 Å². The van der Waals surface area contributed by atoms with Gasteiger partial charge in [0.1, 0.15) is 11.6 Å². The minimum absolute atomic E-state index is 0.119. The average Bonchev–Trinajstić information content (AvgIpc) is 3.19. The van der Waals surface area contributed by atoms with Crippen molar-refractivity contribution in [3.8, 4) is 11.5 Å². The predicted molar refractivity (Wildman–Crippen MR) is 102 cm³/mol. The molecule has 0 aliphatic carbocycles. The number of pyridine rings is 1. The van der Waals surface area contributed by atoms with Crippen molar-refractivity contribution in [3.63, 3.8) is 0 Å². The summed E-state index contributed by atoms with van der Waals surface area (Å²) >= 11 is 0. The average molecular weight is 379 g/mol. The number of aromatic nitrogens is 1. The molecule has 0 atom stereocenters. The molecule has 2 heterocycles. The SMILES string of the molecule is O=C(NCc1ccccc1F)c1ccnc(NCc2ccc3c(c2)OCO3)c1. The van der Waals surface area contributed by atoms with Gasteiger partial charge in [0.05, 0.1) is 0 Å². The van der Waals surface area contributed by atoms with Crippen molar-refractivity contribution in [2.24, 2.45) is 0 Å². The van der Waals surface area contributed by atoms with Crippen LogP contribution in [0, 0.1) is 5.82 Å². The molecular weight excluding hydrogens is 361 g/mol. The van der Waals surface area contributed by atoms with Crippen LogP contribution in [0.15, 0.2) is 60.8 Å². The first-order chi connectivity index (χ1) is 13.7. The zero-order chi connectivity index (χ0) is 19.3. The molecule has 4 rings (SSSR count). The number of carbonyl (C=O) groups excluding carboxylic acids is 1. The van der Waals surface area contributed by atoms with E-state index in [1.54, 1.807) is 36.5 Å². The quantitative estimate of drug-likeness (QED) is 0.686. The van der Waals surface area contributed by atoms with Crippen LogP contribution in [0.1, 0.15) is 21.5 Å². The summed E-state index contributed by atoms with van der Waals surface area (Å²) in [5, 5.41) is 5.90. The minimum Gasteiger partial charge on any atom is -0.454 e. The Bertz CT molecular complexity index is 1010. The van der Waals surface area contributed by atoms with Gasteiger partial charge in [0.25, 0.3) is 5.91 Å². The number of hydrogen-bond donors (Lipinski definition) is 2. The second kappa shape index (κ2) is 7.96. The fourth-order valence-electron chi connectivity index (χ4n) is 2.83. The van der Waals surface area contributed by atoms with Gasteiger partial charge in [-0.05, 0) is 35.9 Å². The molecule has 0 bridgehead atoms. The molecule has 0 unspecified atom stereocenters. The number of fused-ring (bicyclic) bond motifs is 1. The first-order valence-corrected chi connectivity index (χ1v) is 8.79. The number of anilines is 1.